The zero-order valence-electron chi connectivity index (χ0n) is 10.00. The number of carbonyl (C=O) groups is 1. The summed E-state index contributed by atoms with van der Waals surface area (Å²) in [4.78, 5) is 11.1. The number of nitrogens with zero attached hydrogens (tertiary/aromatic N) is 1. The minimum atomic E-state index is -3.52. The maximum atomic E-state index is 12.0. The highest BCUT2D eigenvalue weighted by Gasteiger charge is 2.30. The minimum Gasteiger partial charge on any atom is -0.469 e. The Morgan fingerprint density at radius 2 is 2.28 bits per heavy atom. The van der Waals surface area contributed by atoms with Crippen molar-refractivity contribution in [1.29, 1.82) is 0 Å². The lowest BCUT2D eigenvalue weighted by atomic mass is 10.3. The number of morpholine rings is 1. The van der Waals surface area contributed by atoms with E-state index in [4.69, 9.17) is 22.7 Å². The lowest BCUT2D eigenvalue weighted by molar-refractivity contribution is -0.140. The molecule has 0 amide bonds. The van der Waals surface area contributed by atoms with Gasteiger partial charge in [0, 0.05) is 13.1 Å². The highest BCUT2D eigenvalue weighted by atomic mass is 32.2. The SMILES string of the molecule is COC(=O)CCS(=O)(=O)N1CCOC(C(N)=S)C1. The zero-order valence-corrected chi connectivity index (χ0v) is 11.6. The molecule has 9 heteroatoms. The van der Waals surface area contributed by atoms with Crippen LogP contribution in [0, 0.1) is 0 Å². The van der Waals surface area contributed by atoms with Crippen LogP contribution in [0.1, 0.15) is 6.42 Å². The lowest BCUT2D eigenvalue weighted by Crippen LogP contribution is -2.50. The topological polar surface area (TPSA) is 98.9 Å². The molecule has 1 heterocycles. The first-order chi connectivity index (χ1) is 8.36. The van der Waals surface area contributed by atoms with Crippen LogP contribution in [-0.2, 0) is 24.3 Å². The first-order valence-corrected chi connectivity index (χ1v) is 7.34. The van der Waals surface area contributed by atoms with Crippen molar-refractivity contribution >= 4 is 33.2 Å². The van der Waals surface area contributed by atoms with E-state index in [1.807, 2.05) is 0 Å². The van der Waals surface area contributed by atoms with Crippen LogP contribution in [0.15, 0.2) is 0 Å². The summed E-state index contributed by atoms with van der Waals surface area (Å²) in [5.41, 5.74) is 5.43. The van der Waals surface area contributed by atoms with E-state index in [-0.39, 0.29) is 36.9 Å². The summed E-state index contributed by atoms with van der Waals surface area (Å²) >= 11 is 4.77. The third kappa shape index (κ3) is 4.16. The lowest BCUT2D eigenvalue weighted by Gasteiger charge is -2.31. The number of sulfonamides is 1. The first kappa shape index (κ1) is 15.3. The van der Waals surface area contributed by atoms with Gasteiger partial charge >= 0.3 is 5.97 Å². The molecule has 1 rings (SSSR count). The molecule has 18 heavy (non-hydrogen) atoms. The van der Waals surface area contributed by atoms with Crippen LogP contribution < -0.4 is 5.73 Å². The standard InChI is InChI=1S/C9H16N2O5S2/c1-15-8(12)2-5-18(13,14)11-3-4-16-7(6-11)9(10)17/h7H,2-6H2,1H3,(H2,10,17). The summed E-state index contributed by atoms with van der Waals surface area (Å²) in [5.74, 6) is -0.846. The second-order valence-corrected chi connectivity index (χ2v) is 6.32. The van der Waals surface area contributed by atoms with Crippen LogP contribution in [-0.4, -0.2) is 62.3 Å². The van der Waals surface area contributed by atoms with Crippen LogP contribution in [0.5, 0.6) is 0 Å². The highest BCUT2D eigenvalue weighted by Crippen LogP contribution is 2.12. The Morgan fingerprint density at radius 3 is 2.83 bits per heavy atom. The Kier molecular flexibility index (Phi) is 5.45. The molecule has 2 N–H and O–H groups in total. The van der Waals surface area contributed by atoms with Gasteiger partial charge in [0.2, 0.25) is 10.0 Å². The molecule has 1 saturated heterocycles. The van der Waals surface area contributed by atoms with Gasteiger partial charge in [-0.2, -0.15) is 4.31 Å². The number of carbonyl (C=O) groups excluding carboxylic acids is 1. The van der Waals surface area contributed by atoms with E-state index in [0.29, 0.717) is 0 Å². The molecule has 104 valence electrons. The Morgan fingerprint density at radius 1 is 1.61 bits per heavy atom. The van der Waals surface area contributed by atoms with Gasteiger partial charge < -0.3 is 15.2 Å². The number of nitrogens with two attached hydrogens (primary N) is 1. The predicted octanol–water partition coefficient (Wildman–Crippen LogP) is -1.13. The van der Waals surface area contributed by atoms with Gasteiger partial charge in [0.1, 0.15) is 11.1 Å². The molecule has 1 unspecified atom stereocenters. The van der Waals surface area contributed by atoms with Gasteiger partial charge in [0.15, 0.2) is 0 Å². The van der Waals surface area contributed by atoms with E-state index < -0.39 is 22.1 Å². The van der Waals surface area contributed by atoms with E-state index in [1.165, 1.54) is 11.4 Å². The molecule has 7 nitrogen and oxygen atoms in total. The molecular weight excluding hydrogens is 280 g/mol. The number of hydrogen-bond acceptors (Lipinski definition) is 6. The average molecular weight is 296 g/mol. The Balaban J connectivity index is 2.61. The number of esters is 1. The number of ether oxygens (including phenoxy) is 2. The molecule has 0 aromatic heterocycles. The molecule has 0 aromatic carbocycles. The second-order valence-electron chi connectivity index (χ2n) is 3.76. The number of methoxy groups -OCH3 is 1. The third-order valence-corrected chi connectivity index (χ3v) is 4.63. The van der Waals surface area contributed by atoms with E-state index in [2.05, 4.69) is 4.74 Å². The smallest absolute Gasteiger partial charge is 0.306 e. The van der Waals surface area contributed by atoms with Gasteiger partial charge in [-0.15, -0.1) is 0 Å². The molecule has 0 aliphatic carbocycles. The third-order valence-electron chi connectivity index (χ3n) is 2.53. The van der Waals surface area contributed by atoms with E-state index in [9.17, 15) is 13.2 Å². The van der Waals surface area contributed by atoms with Gasteiger partial charge in [-0.25, -0.2) is 8.42 Å². The first-order valence-electron chi connectivity index (χ1n) is 5.32. The molecule has 1 aliphatic rings. The highest BCUT2D eigenvalue weighted by molar-refractivity contribution is 7.89. The van der Waals surface area contributed by atoms with E-state index in [1.54, 1.807) is 0 Å². The Bertz CT molecular complexity index is 423. The van der Waals surface area contributed by atoms with Crippen molar-refractivity contribution in [2.75, 3.05) is 32.6 Å². The van der Waals surface area contributed by atoms with E-state index in [0.717, 1.165) is 0 Å². The van der Waals surface area contributed by atoms with Gasteiger partial charge in [0.05, 0.1) is 25.9 Å². The second kappa shape index (κ2) is 6.41. The summed E-state index contributed by atoms with van der Waals surface area (Å²) in [6, 6.07) is 0. The van der Waals surface area contributed by atoms with Crippen molar-refractivity contribution in [2.45, 2.75) is 12.5 Å². The molecule has 1 atom stereocenters. The van der Waals surface area contributed by atoms with Gasteiger partial charge in [0.25, 0.3) is 0 Å². The fourth-order valence-corrected chi connectivity index (χ4v) is 3.03. The molecule has 0 radical (unpaired) electrons. The average Bonchev–Trinajstić information content (AvgIpc) is 2.36. The van der Waals surface area contributed by atoms with Crippen LogP contribution >= 0.6 is 12.2 Å². The maximum Gasteiger partial charge on any atom is 0.306 e. The Hall–Kier alpha value is -0.770. The molecule has 0 aromatic rings. The van der Waals surface area contributed by atoms with Crippen molar-refractivity contribution in [2.24, 2.45) is 5.73 Å². The van der Waals surface area contributed by atoms with Crippen molar-refractivity contribution in [3.8, 4) is 0 Å². The monoisotopic (exact) mass is 296 g/mol. The largest absolute Gasteiger partial charge is 0.469 e. The van der Waals surface area contributed by atoms with E-state index >= 15 is 0 Å². The molecular formula is C9H16N2O5S2. The molecule has 0 bridgehead atoms. The number of thiocarbonyl (C=S) groups is 1. The minimum absolute atomic E-state index is 0.0961. The normalized spacial score (nSPS) is 21.5. The van der Waals surface area contributed by atoms with Crippen molar-refractivity contribution in [3.05, 3.63) is 0 Å². The fourth-order valence-electron chi connectivity index (χ4n) is 1.49. The summed E-state index contributed by atoms with van der Waals surface area (Å²) in [7, 11) is -2.30. The van der Waals surface area contributed by atoms with Crippen LogP contribution in [0.25, 0.3) is 0 Å². The van der Waals surface area contributed by atoms with Gasteiger partial charge in [-0.05, 0) is 0 Å². The summed E-state index contributed by atoms with van der Waals surface area (Å²) in [5, 5.41) is 0. The predicted molar refractivity (Wildman–Crippen MR) is 68.5 cm³/mol. The summed E-state index contributed by atoms with van der Waals surface area (Å²) < 4.78 is 34.8. The molecule has 1 fully saturated rings. The zero-order chi connectivity index (χ0) is 13.8. The summed E-state index contributed by atoms with van der Waals surface area (Å²) in [6.45, 7) is 0.570. The maximum absolute atomic E-state index is 12.0. The molecule has 0 saturated carbocycles. The Labute approximate surface area is 111 Å². The van der Waals surface area contributed by atoms with Crippen molar-refractivity contribution in [3.63, 3.8) is 0 Å². The number of hydrogen-bond donors (Lipinski definition) is 1. The van der Waals surface area contributed by atoms with Crippen molar-refractivity contribution in [1.82, 2.24) is 4.31 Å². The quantitative estimate of drug-likeness (QED) is 0.506. The summed E-state index contributed by atoms with van der Waals surface area (Å²) in [6.07, 6.45) is -0.741. The van der Waals surface area contributed by atoms with Gasteiger partial charge in [-0.1, -0.05) is 12.2 Å². The van der Waals surface area contributed by atoms with Crippen LogP contribution in [0.3, 0.4) is 0 Å². The number of rotatable bonds is 5. The van der Waals surface area contributed by atoms with Crippen LogP contribution in [0.2, 0.25) is 0 Å². The van der Waals surface area contributed by atoms with Gasteiger partial charge in [-0.3, -0.25) is 4.79 Å². The molecule has 1 aliphatic heterocycles. The van der Waals surface area contributed by atoms with Crippen molar-refractivity contribution < 1.29 is 22.7 Å². The fraction of sp³-hybridized carbons (Fsp3) is 0.778. The van der Waals surface area contributed by atoms with Crippen LogP contribution in [0.4, 0.5) is 0 Å². The molecule has 0 spiro atoms.